The molecule has 178 valence electrons. The van der Waals surface area contributed by atoms with E-state index in [-0.39, 0.29) is 5.97 Å². The molecule has 0 spiro atoms. The maximum atomic E-state index is 11.5. The first-order valence-electron chi connectivity index (χ1n) is 11.3. The number of fused-ring (bicyclic) bond motifs is 1. The molecule has 7 nitrogen and oxygen atoms in total. The Balaban J connectivity index is 1.66. The Morgan fingerprint density at radius 1 is 1.09 bits per heavy atom. The van der Waals surface area contributed by atoms with E-state index in [0.717, 1.165) is 52.2 Å². The van der Waals surface area contributed by atoms with Crippen LogP contribution in [0.4, 0.5) is 4.79 Å². The highest BCUT2D eigenvalue weighted by Crippen LogP contribution is 2.43. The summed E-state index contributed by atoms with van der Waals surface area (Å²) in [6, 6.07) is 7.59. The molecule has 2 aromatic carbocycles. The highest BCUT2D eigenvalue weighted by Gasteiger charge is 2.35. The summed E-state index contributed by atoms with van der Waals surface area (Å²) in [4.78, 5) is 23.0. The lowest BCUT2D eigenvalue weighted by Gasteiger charge is -2.37. The van der Waals surface area contributed by atoms with Gasteiger partial charge in [0.1, 0.15) is 29.5 Å². The summed E-state index contributed by atoms with van der Waals surface area (Å²) in [7, 11) is 0. The second kappa shape index (κ2) is 10.1. The van der Waals surface area contributed by atoms with E-state index in [1.807, 2.05) is 45.0 Å². The van der Waals surface area contributed by atoms with E-state index in [1.54, 1.807) is 6.92 Å². The second-order valence-electron chi connectivity index (χ2n) is 8.66. The minimum Gasteiger partial charge on any atom is -0.489 e. The first-order valence-corrected chi connectivity index (χ1v) is 11.3. The van der Waals surface area contributed by atoms with Gasteiger partial charge >= 0.3 is 12.1 Å². The SMILES string of the molecule is CCOC(=O)NCc1ccc(OCC2(C)CCc3c(C)c(OC(C)=O)c(C)c(C)c3O2)cc1. The normalized spacial score (nSPS) is 16.9. The summed E-state index contributed by atoms with van der Waals surface area (Å²) in [5.41, 5.74) is 4.41. The summed E-state index contributed by atoms with van der Waals surface area (Å²) in [5, 5.41) is 2.70. The van der Waals surface area contributed by atoms with Gasteiger partial charge in [-0.05, 0) is 81.8 Å². The minimum absolute atomic E-state index is 0.321. The fraction of sp³-hybridized carbons (Fsp3) is 0.462. The van der Waals surface area contributed by atoms with Gasteiger partial charge in [-0.25, -0.2) is 4.79 Å². The van der Waals surface area contributed by atoms with Crippen molar-refractivity contribution in [2.75, 3.05) is 13.2 Å². The van der Waals surface area contributed by atoms with E-state index in [0.29, 0.717) is 25.5 Å². The first-order chi connectivity index (χ1) is 15.6. The maximum Gasteiger partial charge on any atom is 0.407 e. The molecule has 1 aliphatic rings. The molecular weight excluding hydrogens is 422 g/mol. The topological polar surface area (TPSA) is 83.1 Å². The number of carbonyl (C=O) groups is 2. The lowest BCUT2D eigenvalue weighted by Crippen LogP contribution is -2.42. The van der Waals surface area contributed by atoms with Crippen LogP contribution in [0.3, 0.4) is 0 Å². The van der Waals surface area contributed by atoms with E-state index in [2.05, 4.69) is 12.2 Å². The standard InChI is InChI=1S/C26H33NO6/c1-7-30-25(29)27-14-20-8-10-21(11-9-20)31-15-26(6)13-12-22-18(4)23(32-19(5)28)16(2)17(3)24(22)33-26/h8-11H,7,12-15H2,1-6H3,(H,27,29). The van der Waals surface area contributed by atoms with Crippen molar-refractivity contribution >= 4 is 12.1 Å². The molecule has 0 aromatic heterocycles. The third-order valence-corrected chi connectivity index (χ3v) is 5.99. The highest BCUT2D eigenvalue weighted by molar-refractivity contribution is 5.72. The Morgan fingerprint density at radius 2 is 1.79 bits per heavy atom. The smallest absolute Gasteiger partial charge is 0.407 e. The lowest BCUT2D eigenvalue weighted by molar-refractivity contribution is -0.132. The van der Waals surface area contributed by atoms with Crippen LogP contribution in [0, 0.1) is 20.8 Å². The largest absolute Gasteiger partial charge is 0.489 e. The molecule has 0 saturated carbocycles. The summed E-state index contributed by atoms with van der Waals surface area (Å²) in [5.74, 6) is 1.91. The lowest BCUT2D eigenvalue weighted by atomic mass is 9.87. The van der Waals surface area contributed by atoms with Gasteiger partial charge in [0, 0.05) is 19.0 Å². The quantitative estimate of drug-likeness (QED) is 0.470. The third-order valence-electron chi connectivity index (χ3n) is 5.99. The van der Waals surface area contributed by atoms with Gasteiger partial charge in [-0.2, -0.15) is 0 Å². The van der Waals surface area contributed by atoms with Crippen LogP contribution >= 0.6 is 0 Å². The van der Waals surface area contributed by atoms with Crippen LogP contribution in [-0.2, 0) is 22.5 Å². The van der Waals surface area contributed by atoms with Crippen LogP contribution in [0.25, 0.3) is 0 Å². The predicted molar refractivity (Wildman–Crippen MR) is 125 cm³/mol. The van der Waals surface area contributed by atoms with Gasteiger partial charge < -0.3 is 24.3 Å². The zero-order chi connectivity index (χ0) is 24.2. The molecule has 1 heterocycles. The van der Waals surface area contributed by atoms with Gasteiger partial charge in [0.25, 0.3) is 0 Å². The molecule has 7 heteroatoms. The van der Waals surface area contributed by atoms with Gasteiger partial charge in [0.2, 0.25) is 0 Å². The van der Waals surface area contributed by atoms with Gasteiger partial charge in [-0.1, -0.05) is 12.1 Å². The fourth-order valence-corrected chi connectivity index (χ4v) is 3.98. The number of ether oxygens (including phenoxy) is 4. The molecule has 33 heavy (non-hydrogen) atoms. The number of carbonyl (C=O) groups excluding carboxylic acids is 2. The number of hydrogen-bond donors (Lipinski definition) is 1. The average Bonchev–Trinajstić information content (AvgIpc) is 2.78. The number of hydrogen-bond acceptors (Lipinski definition) is 6. The molecule has 2 aromatic rings. The predicted octanol–water partition coefficient (Wildman–Crippen LogP) is 4.95. The van der Waals surface area contributed by atoms with Crippen molar-refractivity contribution in [3.05, 3.63) is 52.1 Å². The minimum atomic E-state index is -0.482. The Bertz CT molecular complexity index is 1030. The molecular formula is C26H33NO6. The number of benzene rings is 2. The molecule has 1 amide bonds. The van der Waals surface area contributed by atoms with E-state index in [1.165, 1.54) is 6.92 Å². The Kier molecular flexibility index (Phi) is 7.51. The van der Waals surface area contributed by atoms with Crippen molar-refractivity contribution in [3.63, 3.8) is 0 Å². The van der Waals surface area contributed by atoms with Crippen LogP contribution < -0.4 is 19.5 Å². The maximum absolute atomic E-state index is 11.5. The highest BCUT2D eigenvalue weighted by atomic mass is 16.6. The second-order valence-corrected chi connectivity index (χ2v) is 8.66. The van der Waals surface area contributed by atoms with E-state index >= 15 is 0 Å². The van der Waals surface area contributed by atoms with Crippen molar-refractivity contribution in [3.8, 4) is 17.2 Å². The van der Waals surface area contributed by atoms with Gasteiger partial charge in [-0.3, -0.25) is 4.79 Å². The molecule has 1 aliphatic heterocycles. The molecule has 1 unspecified atom stereocenters. The third kappa shape index (κ3) is 5.78. The average molecular weight is 456 g/mol. The first kappa shape index (κ1) is 24.4. The molecule has 0 bridgehead atoms. The number of amides is 1. The zero-order valence-corrected chi connectivity index (χ0v) is 20.3. The van der Waals surface area contributed by atoms with Crippen LogP contribution in [0.5, 0.6) is 17.2 Å². The van der Waals surface area contributed by atoms with E-state index in [9.17, 15) is 9.59 Å². The fourth-order valence-electron chi connectivity index (χ4n) is 3.98. The summed E-state index contributed by atoms with van der Waals surface area (Å²) in [6.45, 7) is 12.3. The molecule has 0 saturated heterocycles. The number of esters is 1. The Hall–Kier alpha value is -3.22. The van der Waals surface area contributed by atoms with Crippen molar-refractivity contribution in [1.82, 2.24) is 5.32 Å². The van der Waals surface area contributed by atoms with Crippen molar-refractivity contribution in [2.45, 2.75) is 66.5 Å². The molecule has 1 atom stereocenters. The van der Waals surface area contributed by atoms with Crippen molar-refractivity contribution in [1.29, 1.82) is 0 Å². The van der Waals surface area contributed by atoms with E-state index < -0.39 is 11.7 Å². The molecule has 0 aliphatic carbocycles. The van der Waals surface area contributed by atoms with Gasteiger partial charge in [0.05, 0.1) is 6.61 Å². The summed E-state index contributed by atoms with van der Waals surface area (Å²) in [6.07, 6.45) is 1.17. The van der Waals surface area contributed by atoms with Crippen molar-refractivity contribution < 1.29 is 28.5 Å². The van der Waals surface area contributed by atoms with Crippen LogP contribution in [0.15, 0.2) is 24.3 Å². The van der Waals surface area contributed by atoms with E-state index in [4.69, 9.17) is 18.9 Å². The zero-order valence-electron chi connectivity index (χ0n) is 20.3. The molecule has 0 fully saturated rings. The van der Waals surface area contributed by atoms with Gasteiger partial charge in [0.15, 0.2) is 0 Å². The Morgan fingerprint density at radius 3 is 2.42 bits per heavy atom. The monoisotopic (exact) mass is 455 g/mol. The number of rotatable bonds is 7. The molecule has 3 rings (SSSR count). The summed E-state index contributed by atoms with van der Waals surface area (Å²) >= 11 is 0. The Labute approximate surface area is 195 Å². The van der Waals surface area contributed by atoms with Crippen molar-refractivity contribution in [2.24, 2.45) is 0 Å². The summed E-state index contributed by atoms with van der Waals surface area (Å²) < 4.78 is 22.9. The van der Waals surface area contributed by atoms with Gasteiger partial charge in [-0.15, -0.1) is 0 Å². The molecule has 1 N–H and O–H groups in total. The number of alkyl carbamates (subject to hydrolysis) is 1. The van der Waals surface area contributed by atoms with Crippen LogP contribution in [0.1, 0.15) is 55.0 Å². The molecule has 0 radical (unpaired) electrons. The van der Waals surface area contributed by atoms with Crippen LogP contribution in [0.2, 0.25) is 0 Å². The van der Waals surface area contributed by atoms with Crippen LogP contribution in [-0.4, -0.2) is 30.9 Å². The number of nitrogens with one attached hydrogen (secondary N) is 1.